The number of benzene rings is 1. The second-order valence-corrected chi connectivity index (χ2v) is 8.83. The molecule has 0 radical (unpaired) electrons. The summed E-state index contributed by atoms with van der Waals surface area (Å²) in [5.41, 5.74) is 2.34. The number of carbonyl (C=O) groups excluding carboxylic acids is 1. The van der Waals surface area contributed by atoms with Gasteiger partial charge in [-0.15, -0.1) is 0 Å². The molecule has 1 amide bonds. The standard InChI is InChI=1S/C23H25F2N5O2S/c1-16-6-8-17(9-7-16)20-27-19(32-28-20)5-3-11-29-12-14-30(15-13-29)22(31)18-4-2-10-26-21(18)33-23(24)25/h2,4,6-10,23H,3,5,11-15H2,1H3. The monoisotopic (exact) mass is 473 g/mol. The first-order chi connectivity index (χ1) is 16.0. The molecule has 33 heavy (non-hydrogen) atoms. The zero-order chi connectivity index (χ0) is 23.2. The fourth-order valence-electron chi connectivity index (χ4n) is 3.71. The van der Waals surface area contributed by atoms with Crippen LogP contribution in [0.1, 0.15) is 28.2 Å². The third kappa shape index (κ3) is 6.14. The van der Waals surface area contributed by atoms with Gasteiger partial charge in [-0.3, -0.25) is 9.69 Å². The molecule has 10 heteroatoms. The van der Waals surface area contributed by atoms with Gasteiger partial charge in [-0.25, -0.2) is 4.98 Å². The highest BCUT2D eigenvalue weighted by molar-refractivity contribution is 7.99. The van der Waals surface area contributed by atoms with Crippen LogP contribution in [0, 0.1) is 6.92 Å². The first-order valence-electron chi connectivity index (χ1n) is 10.8. The average Bonchev–Trinajstić information content (AvgIpc) is 3.28. The van der Waals surface area contributed by atoms with Gasteiger partial charge in [0, 0.05) is 44.4 Å². The molecule has 0 unspecified atom stereocenters. The summed E-state index contributed by atoms with van der Waals surface area (Å²) in [6.45, 7) is 5.42. The van der Waals surface area contributed by atoms with Crippen molar-refractivity contribution in [3.05, 3.63) is 59.6 Å². The van der Waals surface area contributed by atoms with Crippen molar-refractivity contribution in [2.24, 2.45) is 0 Å². The molecule has 0 saturated carbocycles. The van der Waals surface area contributed by atoms with Crippen molar-refractivity contribution in [3.63, 3.8) is 0 Å². The predicted molar refractivity (Wildman–Crippen MR) is 121 cm³/mol. The Morgan fingerprint density at radius 2 is 1.91 bits per heavy atom. The van der Waals surface area contributed by atoms with E-state index in [0.717, 1.165) is 31.6 Å². The molecule has 1 aromatic carbocycles. The van der Waals surface area contributed by atoms with Crippen LogP contribution in [0.15, 0.2) is 52.1 Å². The quantitative estimate of drug-likeness (QED) is 0.455. The van der Waals surface area contributed by atoms with E-state index < -0.39 is 5.76 Å². The third-order valence-electron chi connectivity index (χ3n) is 5.50. The summed E-state index contributed by atoms with van der Waals surface area (Å²) in [6, 6.07) is 11.1. The van der Waals surface area contributed by atoms with Crippen LogP contribution in [0.5, 0.6) is 0 Å². The van der Waals surface area contributed by atoms with Crippen molar-refractivity contribution >= 4 is 17.7 Å². The van der Waals surface area contributed by atoms with Crippen molar-refractivity contribution in [2.75, 3.05) is 32.7 Å². The number of halogens is 2. The minimum Gasteiger partial charge on any atom is -0.339 e. The second kappa shape index (κ2) is 10.8. The second-order valence-electron chi connectivity index (χ2n) is 7.85. The number of piperazine rings is 1. The topological polar surface area (TPSA) is 75.4 Å². The molecular formula is C23H25F2N5O2S. The summed E-state index contributed by atoms with van der Waals surface area (Å²) in [6.07, 6.45) is 2.97. The number of pyridine rings is 1. The smallest absolute Gasteiger partial charge is 0.290 e. The maximum Gasteiger partial charge on any atom is 0.290 e. The number of thioether (sulfide) groups is 1. The lowest BCUT2D eigenvalue weighted by molar-refractivity contribution is 0.0631. The van der Waals surface area contributed by atoms with Crippen molar-refractivity contribution in [3.8, 4) is 11.4 Å². The van der Waals surface area contributed by atoms with Crippen molar-refractivity contribution in [1.82, 2.24) is 24.9 Å². The lowest BCUT2D eigenvalue weighted by Gasteiger charge is -2.34. The zero-order valence-electron chi connectivity index (χ0n) is 18.3. The number of hydrogen-bond acceptors (Lipinski definition) is 7. The molecule has 4 rings (SSSR count). The number of alkyl halides is 2. The summed E-state index contributed by atoms with van der Waals surface area (Å²) in [5.74, 6) is -1.66. The highest BCUT2D eigenvalue weighted by Gasteiger charge is 2.25. The summed E-state index contributed by atoms with van der Waals surface area (Å²) in [5, 5.41) is 4.14. The van der Waals surface area contributed by atoms with E-state index in [4.69, 9.17) is 4.52 Å². The van der Waals surface area contributed by atoms with Crippen LogP contribution in [0.3, 0.4) is 0 Å². The molecule has 7 nitrogen and oxygen atoms in total. The first kappa shape index (κ1) is 23.3. The molecule has 0 spiro atoms. The molecule has 0 N–H and O–H groups in total. The van der Waals surface area contributed by atoms with Gasteiger partial charge in [-0.05, 0) is 43.8 Å². The normalized spacial score (nSPS) is 14.7. The van der Waals surface area contributed by atoms with Gasteiger partial charge in [0.1, 0.15) is 5.03 Å². The molecular weight excluding hydrogens is 448 g/mol. The van der Waals surface area contributed by atoms with Crippen LogP contribution < -0.4 is 0 Å². The fourth-order valence-corrected chi connectivity index (χ4v) is 4.28. The Kier molecular flexibility index (Phi) is 7.66. The molecule has 1 aliphatic rings. The van der Waals surface area contributed by atoms with Crippen molar-refractivity contribution in [2.45, 2.75) is 30.5 Å². The van der Waals surface area contributed by atoms with E-state index in [-0.39, 0.29) is 16.5 Å². The van der Waals surface area contributed by atoms with Gasteiger partial charge in [0.2, 0.25) is 11.7 Å². The van der Waals surface area contributed by atoms with Crippen LogP contribution in [0.4, 0.5) is 8.78 Å². The van der Waals surface area contributed by atoms with Gasteiger partial charge in [0.05, 0.1) is 5.56 Å². The largest absolute Gasteiger partial charge is 0.339 e. The Bertz CT molecular complexity index is 1070. The summed E-state index contributed by atoms with van der Waals surface area (Å²) >= 11 is 0.305. The van der Waals surface area contributed by atoms with Crippen molar-refractivity contribution in [1.29, 1.82) is 0 Å². The van der Waals surface area contributed by atoms with Gasteiger partial charge in [0.25, 0.3) is 11.7 Å². The van der Waals surface area contributed by atoms with Crippen LogP contribution in [-0.2, 0) is 6.42 Å². The van der Waals surface area contributed by atoms with E-state index >= 15 is 0 Å². The molecule has 1 saturated heterocycles. The minimum absolute atomic E-state index is 0.0736. The SMILES string of the molecule is Cc1ccc(-c2noc(CCCN3CCN(C(=O)c4cccnc4SC(F)F)CC3)n2)cc1. The Morgan fingerprint density at radius 3 is 2.64 bits per heavy atom. The van der Waals surface area contributed by atoms with Gasteiger partial charge < -0.3 is 9.42 Å². The highest BCUT2D eigenvalue weighted by atomic mass is 32.2. The minimum atomic E-state index is -2.62. The summed E-state index contributed by atoms with van der Waals surface area (Å²) in [7, 11) is 0. The summed E-state index contributed by atoms with van der Waals surface area (Å²) in [4.78, 5) is 25.2. The van der Waals surface area contributed by atoms with Gasteiger partial charge in [-0.1, -0.05) is 35.0 Å². The number of hydrogen-bond donors (Lipinski definition) is 0. The van der Waals surface area contributed by atoms with Crippen LogP contribution in [-0.4, -0.2) is 69.3 Å². The molecule has 0 atom stereocenters. The molecule has 1 fully saturated rings. The Labute approximate surface area is 195 Å². The highest BCUT2D eigenvalue weighted by Crippen LogP contribution is 2.27. The molecule has 0 aliphatic carbocycles. The maximum absolute atomic E-state index is 12.8. The first-order valence-corrected chi connectivity index (χ1v) is 11.7. The van der Waals surface area contributed by atoms with Crippen LogP contribution >= 0.6 is 11.8 Å². The fraction of sp³-hybridized carbons (Fsp3) is 0.391. The van der Waals surface area contributed by atoms with E-state index in [1.54, 1.807) is 17.0 Å². The number of nitrogens with zero attached hydrogens (tertiary/aromatic N) is 5. The predicted octanol–water partition coefficient (Wildman–Crippen LogP) is 4.15. The Morgan fingerprint density at radius 1 is 1.15 bits per heavy atom. The number of carbonyl (C=O) groups is 1. The van der Waals surface area contributed by atoms with E-state index in [0.29, 0.717) is 43.0 Å². The Hall–Kier alpha value is -2.85. The molecule has 2 aromatic heterocycles. The molecule has 0 bridgehead atoms. The third-order valence-corrected chi connectivity index (χ3v) is 6.23. The van der Waals surface area contributed by atoms with Crippen LogP contribution in [0.25, 0.3) is 11.4 Å². The lowest BCUT2D eigenvalue weighted by atomic mass is 10.1. The average molecular weight is 474 g/mol. The molecule has 174 valence electrons. The molecule has 1 aliphatic heterocycles. The van der Waals surface area contributed by atoms with Crippen molar-refractivity contribution < 1.29 is 18.1 Å². The maximum atomic E-state index is 12.8. The van der Waals surface area contributed by atoms with E-state index in [1.165, 1.54) is 11.8 Å². The number of amides is 1. The number of aromatic nitrogens is 3. The van der Waals surface area contributed by atoms with Crippen LogP contribution in [0.2, 0.25) is 0 Å². The summed E-state index contributed by atoms with van der Waals surface area (Å²) < 4.78 is 30.9. The lowest BCUT2D eigenvalue weighted by Crippen LogP contribution is -2.49. The van der Waals surface area contributed by atoms with E-state index in [9.17, 15) is 13.6 Å². The van der Waals surface area contributed by atoms with Gasteiger partial charge >= 0.3 is 0 Å². The molecule has 3 heterocycles. The van der Waals surface area contributed by atoms with Gasteiger partial charge in [0.15, 0.2) is 0 Å². The zero-order valence-corrected chi connectivity index (χ0v) is 19.1. The van der Waals surface area contributed by atoms with E-state index in [2.05, 4.69) is 20.0 Å². The molecule has 3 aromatic rings. The van der Waals surface area contributed by atoms with E-state index in [1.807, 2.05) is 31.2 Å². The van der Waals surface area contributed by atoms with Gasteiger partial charge in [-0.2, -0.15) is 13.8 Å². The Balaban J connectivity index is 1.23. The number of aryl methyl sites for hydroxylation is 2. The number of rotatable bonds is 8.